The summed E-state index contributed by atoms with van der Waals surface area (Å²) < 4.78 is 5.48. The van der Waals surface area contributed by atoms with Crippen LogP contribution >= 0.6 is 0 Å². The number of rotatable bonds is 6. The zero-order valence-electron chi connectivity index (χ0n) is 10.7. The minimum Gasteiger partial charge on any atom is -0.481 e. The molecule has 0 aromatic heterocycles. The fraction of sp³-hybridized carbons (Fsp3) is 0.357. The molecule has 0 aliphatic carbocycles. The van der Waals surface area contributed by atoms with Crippen molar-refractivity contribution >= 4 is 5.91 Å². The largest absolute Gasteiger partial charge is 0.481 e. The standard InChI is InChI=1S/C14H19NO3/c1-4-9-15-14(17)11(3)18-13-7-5-12(6-8-13)10(2)16/h4-8,10-11,16H,1,9H2,2-3H3,(H,15,17). The van der Waals surface area contributed by atoms with E-state index in [-0.39, 0.29) is 5.91 Å². The molecule has 0 spiro atoms. The number of hydrogen-bond donors (Lipinski definition) is 2. The fourth-order valence-corrected chi connectivity index (χ4v) is 1.40. The third-order valence-corrected chi connectivity index (χ3v) is 2.47. The number of nitrogens with one attached hydrogen (secondary N) is 1. The molecule has 0 heterocycles. The highest BCUT2D eigenvalue weighted by molar-refractivity contribution is 5.80. The van der Waals surface area contributed by atoms with E-state index in [1.807, 2.05) is 0 Å². The van der Waals surface area contributed by atoms with Crippen LogP contribution in [0.25, 0.3) is 0 Å². The number of aliphatic hydroxyl groups is 1. The van der Waals surface area contributed by atoms with Crippen molar-refractivity contribution in [3.8, 4) is 5.75 Å². The molecule has 4 nitrogen and oxygen atoms in total. The van der Waals surface area contributed by atoms with Crippen molar-refractivity contribution in [2.45, 2.75) is 26.1 Å². The molecule has 1 aromatic carbocycles. The second-order valence-corrected chi connectivity index (χ2v) is 4.04. The van der Waals surface area contributed by atoms with Crippen molar-refractivity contribution in [2.75, 3.05) is 6.54 Å². The Kier molecular flexibility index (Phi) is 5.39. The van der Waals surface area contributed by atoms with E-state index in [1.54, 1.807) is 44.2 Å². The van der Waals surface area contributed by atoms with Gasteiger partial charge < -0.3 is 15.2 Å². The maximum absolute atomic E-state index is 11.6. The van der Waals surface area contributed by atoms with E-state index in [4.69, 9.17) is 4.74 Å². The van der Waals surface area contributed by atoms with Crippen molar-refractivity contribution in [1.82, 2.24) is 5.32 Å². The average molecular weight is 249 g/mol. The summed E-state index contributed by atoms with van der Waals surface area (Å²) in [5, 5.41) is 12.0. The summed E-state index contributed by atoms with van der Waals surface area (Å²) in [5.74, 6) is 0.412. The van der Waals surface area contributed by atoms with Gasteiger partial charge in [-0.2, -0.15) is 0 Å². The van der Waals surface area contributed by atoms with E-state index in [0.717, 1.165) is 5.56 Å². The lowest BCUT2D eigenvalue weighted by molar-refractivity contribution is -0.127. The van der Waals surface area contributed by atoms with Crippen molar-refractivity contribution in [3.05, 3.63) is 42.5 Å². The number of carbonyl (C=O) groups is 1. The molecule has 2 unspecified atom stereocenters. The molecular weight excluding hydrogens is 230 g/mol. The predicted octanol–water partition coefficient (Wildman–Crippen LogP) is 1.81. The molecular formula is C14H19NO3. The van der Waals surface area contributed by atoms with Gasteiger partial charge in [-0.05, 0) is 31.5 Å². The van der Waals surface area contributed by atoms with Gasteiger partial charge in [0.05, 0.1) is 6.10 Å². The van der Waals surface area contributed by atoms with Gasteiger partial charge in [-0.1, -0.05) is 18.2 Å². The van der Waals surface area contributed by atoms with Crippen LogP contribution in [0.2, 0.25) is 0 Å². The summed E-state index contributed by atoms with van der Waals surface area (Å²) in [5.41, 5.74) is 0.811. The molecule has 0 fully saturated rings. The van der Waals surface area contributed by atoms with Gasteiger partial charge in [-0.15, -0.1) is 6.58 Å². The summed E-state index contributed by atoms with van der Waals surface area (Å²) in [6, 6.07) is 7.02. The first kappa shape index (κ1) is 14.3. The molecule has 98 valence electrons. The van der Waals surface area contributed by atoms with E-state index >= 15 is 0 Å². The smallest absolute Gasteiger partial charge is 0.261 e. The van der Waals surface area contributed by atoms with Gasteiger partial charge in [-0.25, -0.2) is 0 Å². The first-order chi connectivity index (χ1) is 8.54. The number of aliphatic hydroxyl groups excluding tert-OH is 1. The Morgan fingerprint density at radius 3 is 2.56 bits per heavy atom. The van der Waals surface area contributed by atoms with Crippen molar-refractivity contribution in [2.24, 2.45) is 0 Å². The fourth-order valence-electron chi connectivity index (χ4n) is 1.40. The van der Waals surface area contributed by atoms with Crippen LogP contribution in [0.3, 0.4) is 0 Å². The number of benzene rings is 1. The van der Waals surface area contributed by atoms with Crippen molar-refractivity contribution in [1.29, 1.82) is 0 Å². The summed E-state index contributed by atoms with van der Waals surface area (Å²) in [6.07, 6.45) is 0.539. The second-order valence-electron chi connectivity index (χ2n) is 4.04. The third-order valence-electron chi connectivity index (χ3n) is 2.47. The maximum atomic E-state index is 11.6. The maximum Gasteiger partial charge on any atom is 0.261 e. The topological polar surface area (TPSA) is 58.6 Å². The SMILES string of the molecule is C=CCNC(=O)C(C)Oc1ccc(C(C)O)cc1. The monoisotopic (exact) mass is 249 g/mol. The Hall–Kier alpha value is -1.81. The molecule has 0 bridgehead atoms. The lowest BCUT2D eigenvalue weighted by atomic mass is 10.1. The highest BCUT2D eigenvalue weighted by atomic mass is 16.5. The van der Waals surface area contributed by atoms with Crippen LogP contribution in [0.15, 0.2) is 36.9 Å². The lowest BCUT2D eigenvalue weighted by Crippen LogP contribution is -2.36. The number of hydrogen-bond acceptors (Lipinski definition) is 3. The molecule has 2 atom stereocenters. The molecule has 18 heavy (non-hydrogen) atoms. The second kappa shape index (κ2) is 6.81. The lowest BCUT2D eigenvalue weighted by Gasteiger charge is -2.14. The Balaban J connectivity index is 2.56. The van der Waals surface area contributed by atoms with Gasteiger partial charge in [0.25, 0.3) is 5.91 Å². The molecule has 0 aliphatic heterocycles. The first-order valence-electron chi connectivity index (χ1n) is 5.88. The first-order valence-corrected chi connectivity index (χ1v) is 5.88. The van der Waals surface area contributed by atoms with E-state index in [2.05, 4.69) is 11.9 Å². The number of amides is 1. The van der Waals surface area contributed by atoms with E-state index in [9.17, 15) is 9.90 Å². The summed E-state index contributed by atoms with van der Waals surface area (Å²) in [6.45, 7) is 7.32. The van der Waals surface area contributed by atoms with Crippen molar-refractivity contribution in [3.63, 3.8) is 0 Å². The average Bonchev–Trinajstić information content (AvgIpc) is 2.36. The van der Waals surface area contributed by atoms with Gasteiger partial charge in [0, 0.05) is 6.54 Å². The summed E-state index contributed by atoms with van der Waals surface area (Å²) in [4.78, 5) is 11.6. The molecule has 1 amide bonds. The van der Waals surface area contributed by atoms with Crippen LogP contribution in [0, 0.1) is 0 Å². The minimum atomic E-state index is -0.567. The zero-order valence-corrected chi connectivity index (χ0v) is 10.7. The van der Waals surface area contributed by atoms with E-state index in [1.165, 1.54) is 0 Å². The summed E-state index contributed by atoms with van der Waals surface area (Å²) >= 11 is 0. The minimum absolute atomic E-state index is 0.186. The molecule has 0 saturated carbocycles. The van der Waals surface area contributed by atoms with Gasteiger partial charge in [0.1, 0.15) is 5.75 Å². The third kappa shape index (κ3) is 4.22. The van der Waals surface area contributed by atoms with Crippen LogP contribution in [-0.2, 0) is 4.79 Å². The van der Waals surface area contributed by atoms with Crippen LogP contribution in [-0.4, -0.2) is 23.7 Å². The quantitative estimate of drug-likeness (QED) is 0.756. The van der Waals surface area contributed by atoms with Crippen molar-refractivity contribution < 1.29 is 14.6 Å². The number of carbonyl (C=O) groups excluding carboxylic acids is 1. The predicted molar refractivity (Wildman–Crippen MR) is 70.4 cm³/mol. The van der Waals surface area contributed by atoms with Crippen LogP contribution in [0.4, 0.5) is 0 Å². The van der Waals surface area contributed by atoms with Gasteiger partial charge >= 0.3 is 0 Å². The van der Waals surface area contributed by atoms with Gasteiger partial charge in [0.15, 0.2) is 6.10 Å². The highest BCUT2D eigenvalue weighted by Gasteiger charge is 2.13. The Morgan fingerprint density at radius 2 is 2.06 bits per heavy atom. The highest BCUT2D eigenvalue weighted by Crippen LogP contribution is 2.18. The Bertz CT molecular complexity index is 398. The molecule has 1 aromatic rings. The summed E-state index contributed by atoms with van der Waals surface area (Å²) in [7, 11) is 0. The number of ether oxygens (including phenoxy) is 1. The molecule has 1 rings (SSSR count). The van der Waals surface area contributed by atoms with Crippen LogP contribution < -0.4 is 10.1 Å². The van der Waals surface area contributed by atoms with E-state index < -0.39 is 12.2 Å². The van der Waals surface area contributed by atoms with Gasteiger partial charge in [0.2, 0.25) is 0 Å². The molecule has 0 radical (unpaired) electrons. The van der Waals surface area contributed by atoms with Crippen LogP contribution in [0.5, 0.6) is 5.75 Å². The zero-order chi connectivity index (χ0) is 13.5. The van der Waals surface area contributed by atoms with Gasteiger partial charge in [-0.3, -0.25) is 4.79 Å². The Morgan fingerprint density at radius 1 is 1.44 bits per heavy atom. The molecule has 0 aliphatic rings. The normalized spacial score (nSPS) is 13.5. The molecule has 4 heteroatoms. The van der Waals surface area contributed by atoms with E-state index in [0.29, 0.717) is 12.3 Å². The van der Waals surface area contributed by atoms with Crippen LogP contribution in [0.1, 0.15) is 25.5 Å². The molecule has 2 N–H and O–H groups in total. The Labute approximate surface area is 107 Å². The molecule has 0 saturated heterocycles.